The Balaban J connectivity index is 2.31. The minimum absolute atomic E-state index is 0.0698. The van der Waals surface area contributed by atoms with E-state index in [-0.39, 0.29) is 13.2 Å². The lowest BCUT2D eigenvalue weighted by Gasteiger charge is -2.12. The lowest BCUT2D eigenvalue weighted by molar-refractivity contribution is 0.221. The first-order valence-corrected chi connectivity index (χ1v) is 7.66. The van der Waals surface area contributed by atoms with Gasteiger partial charge in [-0.3, -0.25) is 0 Å². The maximum Gasteiger partial charge on any atom is 0.397 e. The van der Waals surface area contributed by atoms with Crippen LogP contribution in [0.1, 0.15) is 11.1 Å². The molecular formula is C14H12BrFN2O2S. The van der Waals surface area contributed by atoms with Gasteiger partial charge in [0.05, 0.1) is 6.61 Å². The number of carbonyl (C=O) groups is 1. The predicted molar refractivity (Wildman–Crippen MR) is 81.8 cm³/mol. The lowest BCUT2D eigenvalue weighted by atomic mass is 10.2. The van der Waals surface area contributed by atoms with Crippen molar-refractivity contribution in [1.82, 2.24) is 10.3 Å². The molecule has 0 spiro atoms. The van der Waals surface area contributed by atoms with E-state index < -0.39 is 6.16 Å². The highest BCUT2D eigenvalue weighted by Crippen LogP contribution is 2.34. The summed E-state index contributed by atoms with van der Waals surface area (Å²) in [5.74, 6) is 0. The fraction of sp³-hybridized carbons (Fsp3) is 0.143. The van der Waals surface area contributed by atoms with Gasteiger partial charge in [0, 0.05) is 27.7 Å². The summed E-state index contributed by atoms with van der Waals surface area (Å²) in [6.45, 7) is -0.0406. The number of hydrogen-bond acceptors (Lipinski definition) is 4. The van der Waals surface area contributed by atoms with Gasteiger partial charge >= 0.3 is 6.16 Å². The monoisotopic (exact) mass is 370 g/mol. The number of rotatable bonds is 5. The van der Waals surface area contributed by atoms with Crippen molar-refractivity contribution in [2.75, 3.05) is 0 Å². The number of nitrogens with one attached hydrogen (secondary N) is 1. The number of halogens is 2. The van der Waals surface area contributed by atoms with Crippen LogP contribution in [0.5, 0.6) is 0 Å². The van der Waals surface area contributed by atoms with Gasteiger partial charge in [-0.2, -0.15) is 0 Å². The number of nitrogens with zero attached hydrogens (tertiary/aromatic N) is 1. The number of aliphatic hydroxyl groups is 1. The second kappa shape index (κ2) is 7.53. The van der Waals surface area contributed by atoms with Crippen LogP contribution in [-0.2, 0) is 13.2 Å². The molecule has 0 fully saturated rings. The number of pyridine rings is 1. The maximum absolute atomic E-state index is 12.4. The van der Waals surface area contributed by atoms with Crippen LogP contribution in [-0.4, -0.2) is 16.3 Å². The van der Waals surface area contributed by atoms with E-state index in [1.165, 1.54) is 11.8 Å². The Hall–Kier alpha value is -1.44. The van der Waals surface area contributed by atoms with Gasteiger partial charge in [0.2, 0.25) is 0 Å². The zero-order valence-electron chi connectivity index (χ0n) is 10.8. The molecular weight excluding hydrogens is 359 g/mol. The molecule has 0 aliphatic carbocycles. The highest BCUT2D eigenvalue weighted by atomic mass is 79.9. The zero-order valence-corrected chi connectivity index (χ0v) is 13.2. The largest absolute Gasteiger partial charge is 0.397 e. The van der Waals surface area contributed by atoms with Gasteiger partial charge in [-0.25, -0.2) is 9.78 Å². The van der Waals surface area contributed by atoms with E-state index in [0.29, 0.717) is 10.6 Å². The minimum Gasteiger partial charge on any atom is -0.392 e. The molecule has 0 atom stereocenters. The Morgan fingerprint density at radius 1 is 1.38 bits per heavy atom. The Morgan fingerprint density at radius 2 is 2.19 bits per heavy atom. The fourth-order valence-corrected chi connectivity index (χ4v) is 3.38. The summed E-state index contributed by atoms with van der Waals surface area (Å²) in [7, 11) is 0. The minimum atomic E-state index is -1.57. The van der Waals surface area contributed by atoms with Gasteiger partial charge in [0.15, 0.2) is 0 Å². The van der Waals surface area contributed by atoms with Crippen molar-refractivity contribution in [2.24, 2.45) is 0 Å². The molecule has 0 saturated carbocycles. The summed E-state index contributed by atoms with van der Waals surface area (Å²) in [6.07, 6.45) is 0.0678. The van der Waals surface area contributed by atoms with Gasteiger partial charge in [-0.15, -0.1) is 4.39 Å². The Morgan fingerprint density at radius 3 is 2.90 bits per heavy atom. The number of aliphatic hydroxyl groups excluding tert-OH is 1. The molecule has 1 aromatic heterocycles. The standard InChI is InChI=1S/C14H12BrFN2O2S/c15-11-4-1-5-12(10(11)7-18-14(16)20)21-13-9(8-19)3-2-6-17-13/h1-6,19H,7-8H2,(H,18,20). The van der Waals surface area contributed by atoms with Gasteiger partial charge in [-0.05, 0) is 23.8 Å². The molecule has 0 aliphatic heterocycles. The highest BCUT2D eigenvalue weighted by molar-refractivity contribution is 9.10. The second-order valence-corrected chi connectivity index (χ2v) is 5.96. The number of amides is 1. The van der Waals surface area contributed by atoms with Crippen molar-refractivity contribution in [3.05, 3.63) is 52.1 Å². The van der Waals surface area contributed by atoms with Gasteiger partial charge < -0.3 is 10.4 Å². The van der Waals surface area contributed by atoms with Crippen molar-refractivity contribution in [3.63, 3.8) is 0 Å². The average molecular weight is 371 g/mol. The number of hydrogen-bond donors (Lipinski definition) is 2. The molecule has 4 nitrogen and oxygen atoms in total. The van der Waals surface area contributed by atoms with Crippen molar-refractivity contribution < 1.29 is 14.3 Å². The molecule has 2 rings (SSSR count). The van der Waals surface area contributed by atoms with E-state index in [1.807, 2.05) is 18.2 Å². The molecule has 21 heavy (non-hydrogen) atoms. The Kier molecular flexibility index (Phi) is 5.72. The number of benzene rings is 1. The molecule has 2 N–H and O–H groups in total. The molecule has 0 aliphatic rings. The summed E-state index contributed by atoms with van der Waals surface area (Å²) in [4.78, 5) is 15.5. The first-order valence-electron chi connectivity index (χ1n) is 6.05. The zero-order chi connectivity index (χ0) is 15.2. The van der Waals surface area contributed by atoms with Crippen LogP contribution in [0.15, 0.2) is 50.9 Å². The summed E-state index contributed by atoms with van der Waals surface area (Å²) >= 11 is 4.75. The number of aromatic nitrogens is 1. The van der Waals surface area contributed by atoms with Crippen LogP contribution in [0.4, 0.5) is 9.18 Å². The van der Waals surface area contributed by atoms with E-state index >= 15 is 0 Å². The fourth-order valence-electron chi connectivity index (χ4n) is 1.70. The summed E-state index contributed by atoms with van der Waals surface area (Å²) in [5, 5.41) is 12.1. The van der Waals surface area contributed by atoms with Crippen LogP contribution >= 0.6 is 27.7 Å². The molecule has 0 saturated heterocycles. The Labute approximate surface area is 133 Å². The predicted octanol–water partition coefficient (Wildman–Crippen LogP) is 3.67. The molecule has 1 heterocycles. The quantitative estimate of drug-likeness (QED) is 0.622. The van der Waals surface area contributed by atoms with E-state index in [2.05, 4.69) is 26.2 Å². The third-order valence-corrected chi connectivity index (χ3v) is 4.61. The van der Waals surface area contributed by atoms with Crippen LogP contribution < -0.4 is 5.32 Å². The molecule has 0 radical (unpaired) electrons. The van der Waals surface area contributed by atoms with E-state index in [0.717, 1.165) is 14.9 Å². The van der Waals surface area contributed by atoms with Crippen molar-refractivity contribution in [2.45, 2.75) is 23.1 Å². The summed E-state index contributed by atoms with van der Waals surface area (Å²) in [6, 6.07) is 9.05. The van der Waals surface area contributed by atoms with E-state index in [1.54, 1.807) is 18.3 Å². The van der Waals surface area contributed by atoms with Gasteiger partial charge in [0.25, 0.3) is 0 Å². The van der Waals surface area contributed by atoms with Gasteiger partial charge in [-0.1, -0.05) is 39.8 Å². The highest BCUT2D eigenvalue weighted by Gasteiger charge is 2.12. The first kappa shape index (κ1) is 15.9. The van der Waals surface area contributed by atoms with Crippen molar-refractivity contribution in [3.8, 4) is 0 Å². The lowest BCUT2D eigenvalue weighted by Crippen LogP contribution is -2.17. The third kappa shape index (κ3) is 4.26. The molecule has 2 aromatic rings. The van der Waals surface area contributed by atoms with E-state index in [4.69, 9.17) is 0 Å². The normalized spacial score (nSPS) is 10.4. The third-order valence-electron chi connectivity index (χ3n) is 2.71. The topological polar surface area (TPSA) is 62.2 Å². The smallest absolute Gasteiger partial charge is 0.392 e. The Bertz CT molecular complexity index is 655. The molecule has 0 unspecified atom stereocenters. The van der Waals surface area contributed by atoms with Crippen LogP contribution in [0.25, 0.3) is 0 Å². The second-order valence-electron chi connectivity index (χ2n) is 4.07. The molecule has 1 amide bonds. The molecule has 0 bridgehead atoms. The van der Waals surface area contributed by atoms with Crippen molar-refractivity contribution in [1.29, 1.82) is 0 Å². The molecule has 7 heteroatoms. The van der Waals surface area contributed by atoms with Crippen LogP contribution in [0.3, 0.4) is 0 Å². The summed E-state index contributed by atoms with van der Waals surface area (Å²) < 4.78 is 13.1. The molecule has 110 valence electrons. The summed E-state index contributed by atoms with van der Waals surface area (Å²) in [5.41, 5.74) is 1.46. The average Bonchev–Trinajstić information content (AvgIpc) is 2.47. The van der Waals surface area contributed by atoms with E-state index in [9.17, 15) is 14.3 Å². The van der Waals surface area contributed by atoms with Crippen LogP contribution in [0.2, 0.25) is 0 Å². The number of carbonyl (C=O) groups excluding carboxylic acids is 1. The first-order chi connectivity index (χ1) is 10.1. The van der Waals surface area contributed by atoms with Gasteiger partial charge in [0.1, 0.15) is 5.03 Å². The van der Waals surface area contributed by atoms with Crippen molar-refractivity contribution >= 4 is 33.9 Å². The maximum atomic E-state index is 12.4. The SMILES string of the molecule is O=C(F)NCc1c(Br)cccc1Sc1ncccc1CO. The molecule has 1 aromatic carbocycles. The van der Waals surface area contributed by atoms with Crippen LogP contribution in [0, 0.1) is 0 Å².